The van der Waals surface area contributed by atoms with Crippen molar-refractivity contribution >= 4 is 16.8 Å². The van der Waals surface area contributed by atoms with Gasteiger partial charge in [-0.25, -0.2) is 0 Å². The first-order valence-corrected chi connectivity index (χ1v) is 9.03. The minimum atomic E-state index is -0.374. The normalized spacial score (nSPS) is 12.1. The topological polar surface area (TPSA) is 56.1 Å². The van der Waals surface area contributed by atoms with Crippen molar-refractivity contribution in [1.29, 1.82) is 0 Å². The van der Waals surface area contributed by atoms with Crippen molar-refractivity contribution in [2.75, 3.05) is 6.61 Å². The number of nitrogens with zero attached hydrogens (tertiary/aromatic N) is 2. The second kappa shape index (κ2) is 8.04. The molecule has 1 N–H and O–H groups in total. The lowest BCUT2D eigenvalue weighted by Gasteiger charge is -2.14. The van der Waals surface area contributed by atoms with Gasteiger partial charge in [0.05, 0.1) is 17.8 Å². The molecule has 3 aromatic rings. The van der Waals surface area contributed by atoms with Crippen LogP contribution in [0.3, 0.4) is 0 Å². The number of nitrogens with one attached hydrogen (secondary N) is 1. The first-order valence-electron chi connectivity index (χ1n) is 9.03. The highest BCUT2D eigenvalue weighted by Gasteiger charge is 2.18. The molecule has 0 radical (unpaired) electrons. The Labute approximate surface area is 154 Å². The number of ether oxygens (including phenoxy) is 1. The van der Waals surface area contributed by atoms with Crippen molar-refractivity contribution in [1.82, 2.24) is 15.1 Å². The number of benzene rings is 2. The first-order chi connectivity index (χ1) is 12.6. The van der Waals surface area contributed by atoms with Gasteiger partial charge in [-0.1, -0.05) is 37.3 Å². The SMILES string of the molecule is CCCOc1ccc(CNC(=O)C(C)n2nc(C)c3ccccc32)cc1. The predicted molar refractivity (Wildman–Crippen MR) is 103 cm³/mol. The summed E-state index contributed by atoms with van der Waals surface area (Å²) in [4.78, 5) is 12.6. The Morgan fingerprint density at radius 3 is 2.65 bits per heavy atom. The van der Waals surface area contributed by atoms with Gasteiger partial charge in [0.25, 0.3) is 0 Å². The highest BCUT2D eigenvalue weighted by Crippen LogP contribution is 2.21. The lowest BCUT2D eigenvalue weighted by Crippen LogP contribution is -2.31. The molecular weight excluding hydrogens is 326 g/mol. The van der Waals surface area contributed by atoms with Crippen LogP contribution in [0.25, 0.3) is 10.9 Å². The number of hydrogen-bond acceptors (Lipinski definition) is 3. The Hall–Kier alpha value is -2.82. The molecule has 0 aliphatic rings. The summed E-state index contributed by atoms with van der Waals surface area (Å²) < 4.78 is 7.37. The van der Waals surface area contributed by atoms with Crippen LogP contribution in [0.5, 0.6) is 5.75 Å². The van der Waals surface area contributed by atoms with Crippen molar-refractivity contribution in [2.24, 2.45) is 0 Å². The van der Waals surface area contributed by atoms with Gasteiger partial charge in [-0.15, -0.1) is 0 Å². The van der Waals surface area contributed by atoms with Crippen molar-refractivity contribution in [2.45, 2.75) is 39.8 Å². The molecule has 0 spiro atoms. The number of fused-ring (bicyclic) bond motifs is 1. The van der Waals surface area contributed by atoms with E-state index in [-0.39, 0.29) is 11.9 Å². The molecule has 0 aliphatic carbocycles. The summed E-state index contributed by atoms with van der Waals surface area (Å²) >= 11 is 0. The van der Waals surface area contributed by atoms with Gasteiger partial charge in [-0.2, -0.15) is 5.10 Å². The fraction of sp³-hybridized carbons (Fsp3) is 0.333. The Bertz CT molecular complexity index is 884. The van der Waals surface area contributed by atoms with E-state index in [2.05, 4.69) is 17.3 Å². The predicted octanol–water partition coefficient (Wildman–Crippen LogP) is 4.01. The summed E-state index contributed by atoms with van der Waals surface area (Å²) in [6.45, 7) is 7.11. The largest absolute Gasteiger partial charge is 0.494 e. The van der Waals surface area contributed by atoms with Gasteiger partial charge >= 0.3 is 0 Å². The van der Waals surface area contributed by atoms with Crippen LogP contribution in [0.4, 0.5) is 0 Å². The Balaban J connectivity index is 1.64. The summed E-state index contributed by atoms with van der Waals surface area (Å²) in [7, 11) is 0. The zero-order chi connectivity index (χ0) is 18.5. The van der Waals surface area contributed by atoms with E-state index in [0.29, 0.717) is 13.2 Å². The van der Waals surface area contributed by atoms with Crippen molar-refractivity contribution in [3.05, 3.63) is 59.8 Å². The van der Waals surface area contributed by atoms with Crippen LogP contribution in [-0.2, 0) is 11.3 Å². The highest BCUT2D eigenvalue weighted by atomic mass is 16.5. The molecule has 5 nitrogen and oxygen atoms in total. The van der Waals surface area contributed by atoms with Crippen LogP contribution in [0, 0.1) is 6.92 Å². The monoisotopic (exact) mass is 351 g/mol. The molecule has 26 heavy (non-hydrogen) atoms. The minimum absolute atomic E-state index is 0.0513. The molecule has 1 heterocycles. The van der Waals surface area contributed by atoms with E-state index >= 15 is 0 Å². The number of carbonyl (C=O) groups excluding carboxylic acids is 1. The molecule has 2 aromatic carbocycles. The van der Waals surface area contributed by atoms with Crippen LogP contribution < -0.4 is 10.1 Å². The van der Waals surface area contributed by atoms with Gasteiger partial charge in [0.15, 0.2) is 0 Å². The quantitative estimate of drug-likeness (QED) is 0.700. The maximum absolute atomic E-state index is 12.6. The number of hydrogen-bond donors (Lipinski definition) is 1. The number of aryl methyl sites for hydroxylation is 1. The van der Waals surface area contributed by atoms with Gasteiger partial charge in [0.1, 0.15) is 11.8 Å². The van der Waals surface area contributed by atoms with Gasteiger partial charge in [0.2, 0.25) is 5.91 Å². The summed E-state index contributed by atoms with van der Waals surface area (Å²) in [5.41, 5.74) is 2.95. The summed E-state index contributed by atoms with van der Waals surface area (Å²) in [6, 6.07) is 15.4. The molecule has 1 unspecified atom stereocenters. The smallest absolute Gasteiger partial charge is 0.244 e. The van der Waals surface area contributed by atoms with E-state index in [1.165, 1.54) is 0 Å². The van der Waals surface area contributed by atoms with E-state index < -0.39 is 0 Å². The van der Waals surface area contributed by atoms with Crippen LogP contribution >= 0.6 is 0 Å². The number of carbonyl (C=O) groups is 1. The van der Waals surface area contributed by atoms with Gasteiger partial charge in [-0.3, -0.25) is 9.48 Å². The van der Waals surface area contributed by atoms with Gasteiger partial charge in [0, 0.05) is 11.9 Å². The maximum atomic E-state index is 12.6. The zero-order valence-electron chi connectivity index (χ0n) is 15.5. The Kier molecular flexibility index (Phi) is 5.56. The fourth-order valence-electron chi connectivity index (χ4n) is 2.92. The van der Waals surface area contributed by atoms with Gasteiger partial charge < -0.3 is 10.1 Å². The number of para-hydroxylation sites is 1. The molecule has 1 atom stereocenters. The molecule has 0 bridgehead atoms. The van der Waals surface area contributed by atoms with Crippen molar-refractivity contribution < 1.29 is 9.53 Å². The summed E-state index contributed by atoms with van der Waals surface area (Å²) in [5, 5.41) is 8.62. The van der Waals surface area contributed by atoms with Crippen molar-refractivity contribution in [3.63, 3.8) is 0 Å². The molecule has 0 saturated carbocycles. The number of aromatic nitrogens is 2. The van der Waals surface area contributed by atoms with Crippen LogP contribution in [-0.4, -0.2) is 22.3 Å². The molecule has 0 fully saturated rings. The average molecular weight is 351 g/mol. The zero-order valence-corrected chi connectivity index (χ0v) is 15.5. The number of amides is 1. The molecule has 136 valence electrons. The van der Waals surface area contributed by atoms with Gasteiger partial charge in [-0.05, 0) is 44.0 Å². The molecule has 1 amide bonds. The highest BCUT2D eigenvalue weighted by molar-refractivity contribution is 5.86. The molecule has 5 heteroatoms. The van der Waals surface area contributed by atoms with Crippen LogP contribution in [0.1, 0.15) is 37.6 Å². The molecule has 0 saturated heterocycles. The maximum Gasteiger partial charge on any atom is 0.244 e. The second-order valence-corrected chi connectivity index (χ2v) is 6.43. The fourth-order valence-corrected chi connectivity index (χ4v) is 2.92. The molecule has 3 rings (SSSR count). The van der Waals surface area contributed by atoms with E-state index in [9.17, 15) is 4.79 Å². The van der Waals surface area contributed by atoms with E-state index in [1.54, 1.807) is 4.68 Å². The van der Waals surface area contributed by atoms with E-state index in [1.807, 2.05) is 62.4 Å². The lowest BCUT2D eigenvalue weighted by atomic mass is 10.2. The van der Waals surface area contributed by atoms with Crippen LogP contribution in [0.2, 0.25) is 0 Å². The summed E-state index contributed by atoms with van der Waals surface area (Å²) in [6.07, 6.45) is 0.983. The Morgan fingerprint density at radius 1 is 1.19 bits per heavy atom. The number of rotatable bonds is 7. The molecule has 1 aromatic heterocycles. The summed E-state index contributed by atoms with van der Waals surface area (Å²) in [5.74, 6) is 0.804. The minimum Gasteiger partial charge on any atom is -0.494 e. The first kappa shape index (κ1) is 18.0. The third kappa shape index (κ3) is 3.87. The Morgan fingerprint density at radius 2 is 1.92 bits per heavy atom. The standard InChI is InChI=1S/C21H25N3O2/c1-4-13-26-18-11-9-17(10-12-18)14-22-21(25)16(3)24-20-8-6-5-7-19(20)15(2)23-24/h5-12,16H,4,13-14H2,1-3H3,(H,22,25). The molecule has 0 aliphatic heterocycles. The lowest BCUT2D eigenvalue weighted by molar-refractivity contribution is -0.124. The second-order valence-electron chi connectivity index (χ2n) is 6.43. The van der Waals surface area contributed by atoms with Crippen LogP contribution in [0.15, 0.2) is 48.5 Å². The average Bonchev–Trinajstić information content (AvgIpc) is 3.01. The molecular formula is C21H25N3O2. The van der Waals surface area contributed by atoms with E-state index in [4.69, 9.17) is 4.74 Å². The third-order valence-electron chi connectivity index (χ3n) is 4.41. The third-order valence-corrected chi connectivity index (χ3v) is 4.41. The van der Waals surface area contributed by atoms with E-state index in [0.717, 1.165) is 34.3 Å². The van der Waals surface area contributed by atoms with Crippen molar-refractivity contribution in [3.8, 4) is 5.75 Å².